The third kappa shape index (κ3) is 4.15. The van der Waals surface area contributed by atoms with Crippen molar-refractivity contribution < 1.29 is 14.3 Å². The number of halogens is 1. The number of hydrogen-bond donors (Lipinski definition) is 2. The van der Waals surface area contributed by atoms with Crippen LogP contribution < -0.4 is 16.0 Å². The number of thiophene rings is 1. The Morgan fingerprint density at radius 3 is 2.76 bits per heavy atom. The number of anilines is 1. The Bertz CT molecular complexity index is 1300. The Labute approximate surface area is 205 Å². The summed E-state index contributed by atoms with van der Waals surface area (Å²) in [5.74, 6) is -0.682. The van der Waals surface area contributed by atoms with Gasteiger partial charge in [-0.05, 0) is 63.2 Å². The minimum absolute atomic E-state index is 0.351. The number of nitrogens with two attached hydrogens (primary N) is 1. The molecule has 3 N–H and O–H groups in total. The second kappa shape index (κ2) is 8.98. The van der Waals surface area contributed by atoms with Crippen LogP contribution in [0.25, 0.3) is 20.7 Å². The normalized spacial score (nSPS) is 17.0. The van der Waals surface area contributed by atoms with Gasteiger partial charge in [0.1, 0.15) is 5.69 Å². The van der Waals surface area contributed by atoms with Crippen molar-refractivity contribution in [2.45, 2.75) is 31.4 Å². The molecule has 1 fully saturated rings. The summed E-state index contributed by atoms with van der Waals surface area (Å²) in [6, 6.07) is 7.62. The molecule has 3 aromatic rings. The molecule has 5 rings (SSSR count). The summed E-state index contributed by atoms with van der Waals surface area (Å²) in [5, 5.41) is 4.53. The highest BCUT2D eigenvalue weighted by molar-refractivity contribution is 7.22. The number of ether oxygens (including phenoxy) is 1. The Morgan fingerprint density at radius 2 is 2.09 bits per heavy atom. The van der Waals surface area contributed by atoms with Crippen molar-refractivity contribution in [3.05, 3.63) is 53.2 Å². The first-order valence-electron chi connectivity index (χ1n) is 11.2. The van der Waals surface area contributed by atoms with Crippen LogP contribution in [0.3, 0.4) is 0 Å². The number of piperidine rings is 1. The van der Waals surface area contributed by atoms with Crippen molar-refractivity contribution in [2.24, 2.45) is 5.73 Å². The van der Waals surface area contributed by atoms with E-state index in [2.05, 4.69) is 22.1 Å². The van der Waals surface area contributed by atoms with Crippen LogP contribution in [0.15, 0.2) is 42.6 Å². The number of nitrogens with one attached hydrogen (secondary N) is 1. The molecule has 1 amide bonds. The van der Waals surface area contributed by atoms with Crippen LogP contribution >= 0.6 is 22.9 Å². The average Bonchev–Trinajstić information content (AvgIpc) is 3.50. The third-order valence-electron chi connectivity index (χ3n) is 6.21. The molecule has 0 radical (unpaired) electrons. The van der Waals surface area contributed by atoms with Crippen LogP contribution in [0.4, 0.5) is 5.95 Å². The molecule has 0 atom stereocenters. The number of rotatable bonds is 7. The average molecular weight is 498 g/mol. The van der Waals surface area contributed by atoms with Crippen molar-refractivity contribution in [3.63, 3.8) is 0 Å². The van der Waals surface area contributed by atoms with E-state index < -0.39 is 17.5 Å². The van der Waals surface area contributed by atoms with Crippen LogP contribution in [0.5, 0.6) is 0 Å². The van der Waals surface area contributed by atoms with E-state index >= 15 is 0 Å². The fraction of sp³-hybridized carbons (Fsp3) is 0.333. The molecule has 34 heavy (non-hydrogen) atoms. The molecule has 176 valence electrons. The topological polar surface area (TPSA) is 110 Å². The summed E-state index contributed by atoms with van der Waals surface area (Å²) in [7, 11) is 0. The van der Waals surface area contributed by atoms with Gasteiger partial charge in [-0.1, -0.05) is 17.7 Å². The Hall–Kier alpha value is -3.01. The molecule has 2 aliphatic rings. The van der Waals surface area contributed by atoms with Crippen molar-refractivity contribution in [2.75, 3.05) is 24.5 Å². The van der Waals surface area contributed by atoms with Gasteiger partial charge in [0, 0.05) is 22.7 Å². The highest BCUT2D eigenvalue weighted by atomic mass is 35.5. The third-order valence-corrected chi connectivity index (χ3v) is 7.59. The van der Waals surface area contributed by atoms with Gasteiger partial charge in [-0.3, -0.25) is 4.79 Å². The predicted molar refractivity (Wildman–Crippen MR) is 133 cm³/mol. The van der Waals surface area contributed by atoms with Gasteiger partial charge in [-0.2, -0.15) is 0 Å². The zero-order valence-corrected chi connectivity index (χ0v) is 20.2. The Morgan fingerprint density at radius 1 is 1.32 bits per heavy atom. The van der Waals surface area contributed by atoms with Crippen molar-refractivity contribution in [3.8, 4) is 10.6 Å². The lowest BCUT2D eigenvalue weighted by Crippen LogP contribution is -2.44. The molecular formula is C24H24ClN5O3S. The molecule has 0 spiro atoms. The van der Waals surface area contributed by atoms with Crippen LogP contribution in [0.1, 0.15) is 30.1 Å². The molecule has 8 nitrogen and oxygen atoms in total. The van der Waals surface area contributed by atoms with E-state index in [1.807, 2.05) is 12.1 Å². The maximum atomic E-state index is 12.9. The van der Waals surface area contributed by atoms with Gasteiger partial charge in [0.15, 0.2) is 0 Å². The lowest BCUT2D eigenvalue weighted by molar-refractivity contribution is -0.127. The van der Waals surface area contributed by atoms with Crippen molar-refractivity contribution >= 4 is 50.8 Å². The number of aromatic nitrogens is 2. The van der Waals surface area contributed by atoms with Gasteiger partial charge in [-0.15, -0.1) is 11.3 Å². The summed E-state index contributed by atoms with van der Waals surface area (Å²) >= 11 is 8.01. The number of esters is 1. The lowest BCUT2D eigenvalue weighted by atomic mass is 10.1. The molecule has 1 aromatic carbocycles. The quantitative estimate of drug-likeness (QED) is 0.379. The number of primary amides is 1. The van der Waals surface area contributed by atoms with Gasteiger partial charge in [0.05, 0.1) is 21.7 Å². The minimum Gasteiger partial charge on any atom is -0.437 e. The Balaban J connectivity index is 1.49. The standard InChI is InChI=1S/C24H24ClN5O3S/c1-2-30(14-6-10-27-11-7-14)23-28-13-17(25)20(29-23)19-12-16-15(4-3-5-18(16)34-19)21(31)33-24(8-9-24)22(26)32/h3-5,8-9,12-14,27H,2,6-7,10-11H2,1H3,(H2,26,32). The fourth-order valence-corrected chi connectivity index (χ4v) is 5.61. The van der Waals surface area contributed by atoms with Gasteiger partial charge in [0.25, 0.3) is 5.91 Å². The van der Waals surface area contributed by atoms with Crippen LogP contribution in [0.2, 0.25) is 5.02 Å². The molecule has 1 aliphatic heterocycles. The molecule has 0 unspecified atom stereocenters. The summed E-state index contributed by atoms with van der Waals surface area (Å²) < 4.78 is 6.27. The van der Waals surface area contributed by atoms with Crippen molar-refractivity contribution in [1.82, 2.24) is 15.3 Å². The highest BCUT2D eigenvalue weighted by Crippen LogP contribution is 2.39. The van der Waals surface area contributed by atoms with E-state index in [0.717, 1.165) is 42.1 Å². The molecule has 1 saturated heterocycles. The van der Waals surface area contributed by atoms with E-state index in [-0.39, 0.29) is 0 Å². The number of nitrogens with zero attached hydrogens (tertiary/aromatic N) is 3. The molecular weight excluding hydrogens is 474 g/mol. The first-order chi connectivity index (χ1) is 16.4. The van der Waals surface area contributed by atoms with Crippen molar-refractivity contribution in [1.29, 1.82) is 0 Å². The van der Waals surface area contributed by atoms with Crippen LogP contribution in [0, 0.1) is 0 Å². The monoisotopic (exact) mass is 497 g/mol. The number of benzene rings is 1. The van der Waals surface area contributed by atoms with Gasteiger partial charge in [-0.25, -0.2) is 14.8 Å². The smallest absolute Gasteiger partial charge is 0.340 e. The second-order valence-electron chi connectivity index (χ2n) is 8.34. The molecule has 0 saturated carbocycles. The summed E-state index contributed by atoms with van der Waals surface area (Å²) in [6.07, 6.45) is 6.64. The first-order valence-corrected chi connectivity index (χ1v) is 12.4. The molecule has 1 aliphatic carbocycles. The Kier molecular flexibility index (Phi) is 6.01. The largest absolute Gasteiger partial charge is 0.437 e. The minimum atomic E-state index is -1.42. The van der Waals surface area contributed by atoms with Gasteiger partial charge < -0.3 is 20.7 Å². The number of amides is 1. The summed E-state index contributed by atoms with van der Waals surface area (Å²) in [5.41, 5.74) is 4.92. The van der Waals surface area contributed by atoms with E-state index in [0.29, 0.717) is 33.7 Å². The summed E-state index contributed by atoms with van der Waals surface area (Å²) in [6.45, 7) is 4.85. The second-order valence-corrected chi connectivity index (χ2v) is 9.83. The number of hydrogen-bond acceptors (Lipinski definition) is 8. The molecule has 3 heterocycles. The zero-order valence-electron chi connectivity index (χ0n) is 18.6. The van der Waals surface area contributed by atoms with E-state index in [1.165, 1.54) is 23.5 Å². The zero-order chi connectivity index (χ0) is 23.9. The predicted octanol–water partition coefficient (Wildman–Crippen LogP) is 3.54. The maximum absolute atomic E-state index is 12.9. The molecule has 0 bridgehead atoms. The fourth-order valence-electron chi connectivity index (χ4n) is 4.27. The highest BCUT2D eigenvalue weighted by Gasteiger charge is 2.45. The van der Waals surface area contributed by atoms with Crippen LogP contribution in [-0.2, 0) is 9.53 Å². The van der Waals surface area contributed by atoms with Gasteiger partial charge >= 0.3 is 5.97 Å². The maximum Gasteiger partial charge on any atom is 0.340 e. The first kappa shape index (κ1) is 22.8. The van der Waals surface area contributed by atoms with Gasteiger partial charge in [0.2, 0.25) is 11.5 Å². The lowest BCUT2D eigenvalue weighted by Gasteiger charge is -2.34. The van der Waals surface area contributed by atoms with E-state index in [1.54, 1.807) is 18.3 Å². The number of carbonyl (C=O) groups excluding carboxylic acids is 2. The van der Waals surface area contributed by atoms with E-state index in [9.17, 15) is 9.59 Å². The summed E-state index contributed by atoms with van der Waals surface area (Å²) in [4.78, 5) is 36.9. The van der Waals surface area contributed by atoms with Crippen LogP contribution in [-0.4, -0.2) is 53.1 Å². The number of carbonyl (C=O) groups is 2. The molecule has 10 heteroatoms. The van der Waals surface area contributed by atoms with E-state index in [4.69, 9.17) is 27.1 Å². The molecule has 2 aromatic heterocycles. The SMILES string of the molecule is CCN(c1ncc(Cl)c(-c2cc3c(C(=O)OC4(C(N)=O)C=C4)cccc3s2)n1)C1CCNCC1. The number of fused-ring (bicyclic) bond motifs is 1.